The quantitative estimate of drug-likeness (QED) is 0.928. The van der Waals surface area contributed by atoms with Crippen molar-refractivity contribution in [2.24, 2.45) is 5.92 Å². The van der Waals surface area contributed by atoms with Crippen molar-refractivity contribution in [2.75, 3.05) is 23.3 Å². The van der Waals surface area contributed by atoms with Gasteiger partial charge in [0, 0.05) is 27.1 Å². The van der Waals surface area contributed by atoms with E-state index in [2.05, 4.69) is 26.3 Å². The van der Waals surface area contributed by atoms with Crippen molar-refractivity contribution < 1.29 is 6.22 Å². The van der Waals surface area contributed by atoms with Crippen molar-refractivity contribution in [2.45, 2.75) is 32.6 Å². The summed E-state index contributed by atoms with van der Waals surface area (Å²) in [5.41, 5.74) is 0.839. The Morgan fingerprint density at radius 3 is 3.30 bits per heavy atom. The Hall–Kier alpha value is -2.20. The molecular formula is C16H21N5OS. The molecule has 23 heavy (non-hydrogen) atoms. The van der Waals surface area contributed by atoms with Crippen LogP contribution in [0.4, 0.5) is 10.9 Å². The number of carbonyl (C=O) groups excluding carboxylic acids is 1. The van der Waals surface area contributed by atoms with Gasteiger partial charge in [-0.3, -0.25) is 4.79 Å². The van der Waals surface area contributed by atoms with Gasteiger partial charge in [0.05, 0.1) is 22.2 Å². The zero-order valence-electron chi connectivity index (χ0n) is 13.1. The van der Waals surface area contributed by atoms with Crippen molar-refractivity contribution in [3.05, 3.63) is 12.3 Å². The Balaban J connectivity index is 0.00000208. The van der Waals surface area contributed by atoms with E-state index in [1.54, 1.807) is 6.20 Å². The van der Waals surface area contributed by atoms with Crippen LogP contribution in [0.5, 0.6) is 0 Å². The van der Waals surface area contributed by atoms with Crippen molar-refractivity contribution in [3.63, 3.8) is 0 Å². The molecule has 6 nitrogen and oxygen atoms in total. The van der Waals surface area contributed by atoms with E-state index in [4.69, 9.17) is 5.26 Å². The third-order valence-corrected chi connectivity index (χ3v) is 5.04. The predicted octanol–water partition coefficient (Wildman–Crippen LogP) is 3.42. The van der Waals surface area contributed by atoms with Crippen molar-refractivity contribution in [1.82, 2.24) is 9.97 Å². The Bertz CT molecular complexity index is 756. The first-order chi connectivity index (χ1) is 11.2. The molecule has 3 heterocycles. The molecule has 0 bridgehead atoms. The lowest BCUT2D eigenvalue weighted by Crippen LogP contribution is -2.34. The molecule has 1 N–H and O–H groups in total. The Labute approximate surface area is 140 Å². The van der Waals surface area contributed by atoms with Crippen molar-refractivity contribution in [1.29, 1.82) is 5.26 Å². The number of nitrogens with zero attached hydrogens (tertiary/aromatic N) is 4. The highest BCUT2D eigenvalue weighted by molar-refractivity contribution is 7.22. The minimum atomic E-state index is -0.0232. The van der Waals surface area contributed by atoms with Gasteiger partial charge in [-0.15, -0.1) is 0 Å². The summed E-state index contributed by atoms with van der Waals surface area (Å²) in [7, 11) is 0. The third-order valence-electron chi connectivity index (χ3n) is 3.90. The summed E-state index contributed by atoms with van der Waals surface area (Å²) in [6, 6.07) is 4.21. The Morgan fingerprint density at radius 1 is 1.65 bits per heavy atom. The lowest BCUT2D eigenvalue weighted by Gasteiger charge is -2.28. The van der Waals surface area contributed by atoms with Crippen LogP contribution in [0.3, 0.4) is 0 Å². The number of nitrogens with one attached hydrogen (secondary N) is 1. The average Bonchev–Trinajstić information content (AvgIpc) is 3.00. The van der Waals surface area contributed by atoms with Crippen LogP contribution in [-0.2, 0) is 4.79 Å². The van der Waals surface area contributed by atoms with Crippen LogP contribution in [0.2, 0.25) is 0 Å². The van der Waals surface area contributed by atoms with E-state index in [9.17, 15) is 4.79 Å². The average molecular weight is 331 g/mol. The smallest absolute Gasteiger partial charge is 0.225 e. The Kier molecular flexibility index (Phi) is 4.72. The van der Waals surface area contributed by atoms with Gasteiger partial charge in [0.1, 0.15) is 0 Å². The second-order valence-electron chi connectivity index (χ2n) is 5.72. The minimum Gasteiger partial charge on any atom is -0.347 e. The van der Waals surface area contributed by atoms with E-state index in [-0.39, 0.29) is 13.3 Å². The van der Waals surface area contributed by atoms with Gasteiger partial charge in [-0.1, -0.05) is 18.3 Å². The summed E-state index contributed by atoms with van der Waals surface area (Å²) in [6.07, 6.45) is 4.92. The lowest BCUT2D eigenvalue weighted by molar-refractivity contribution is -0.116. The van der Waals surface area contributed by atoms with E-state index < -0.39 is 0 Å². The van der Waals surface area contributed by atoms with E-state index in [1.807, 2.05) is 13.0 Å². The van der Waals surface area contributed by atoms with Gasteiger partial charge in [-0.2, -0.15) is 5.26 Å². The van der Waals surface area contributed by atoms with Crippen molar-refractivity contribution in [3.8, 4) is 6.07 Å². The summed E-state index contributed by atoms with van der Waals surface area (Å²) in [5.74, 6) is 0.626. The largest absolute Gasteiger partial charge is 0.347 e. The molecule has 2 aromatic heterocycles. The molecule has 1 fully saturated rings. The van der Waals surface area contributed by atoms with E-state index in [1.165, 1.54) is 11.3 Å². The highest BCUT2D eigenvalue weighted by Gasteiger charge is 2.23. The van der Waals surface area contributed by atoms with Crippen LogP contribution in [0, 0.1) is 17.2 Å². The maximum absolute atomic E-state index is 11.8. The number of hydrogen-bond donors (Lipinski definition) is 1. The normalized spacial score (nSPS) is 17.9. The number of hydrogen-bond acceptors (Lipinski definition) is 6. The Morgan fingerprint density at radius 2 is 2.52 bits per heavy atom. The summed E-state index contributed by atoms with van der Waals surface area (Å²) < 4.78 is 0.894. The molecule has 1 atom stereocenters. The van der Waals surface area contributed by atoms with Gasteiger partial charge < -0.3 is 10.2 Å². The maximum atomic E-state index is 11.8. The van der Waals surface area contributed by atoms with Crippen LogP contribution in [0.25, 0.3) is 10.2 Å². The number of thiazole rings is 1. The van der Waals surface area contributed by atoms with Gasteiger partial charge >= 0.3 is 0 Å². The first-order valence-corrected chi connectivity index (χ1v) is 8.73. The highest BCUT2D eigenvalue weighted by Crippen LogP contribution is 2.34. The molecule has 3 rings (SSSR count). The molecule has 1 aliphatic rings. The first kappa shape index (κ1) is 15.7. The monoisotopic (exact) mass is 331 g/mol. The predicted molar refractivity (Wildman–Crippen MR) is 93.6 cm³/mol. The molecule has 0 aliphatic carbocycles. The SMILES string of the molecule is CCCC(=O)Nc1nccc2nc(N3CCC[C@H](C#N)C3)sc12.[HH]. The molecule has 7 heteroatoms. The number of anilines is 2. The molecule has 0 radical (unpaired) electrons. The van der Waals surface area contributed by atoms with Gasteiger partial charge in [-0.05, 0) is 25.3 Å². The van der Waals surface area contributed by atoms with E-state index >= 15 is 0 Å². The molecule has 0 saturated carbocycles. The second-order valence-corrected chi connectivity index (χ2v) is 6.69. The second kappa shape index (κ2) is 6.92. The van der Waals surface area contributed by atoms with Gasteiger partial charge in [0.2, 0.25) is 5.91 Å². The summed E-state index contributed by atoms with van der Waals surface area (Å²) >= 11 is 1.53. The van der Waals surface area contributed by atoms with E-state index in [0.717, 1.165) is 47.7 Å². The molecule has 0 aromatic carbocycles. The summed E-state index contributed by atoms with van der Waals surface area (Å²) in [5, 5.41) is 12.9. The zero-order chi connectivity index (χ0) is 16.2. The zero-order valence-corrected chi connectivity index (χ0v) is 13.9. The lowest BCUT2D eigenvalue weighted by atomic mass is 10.0. The third kappa shape index (κ3) is 3.42. The van der Waals surface area contributed by atoms with Gasteiger partial charge in [-0.25, -0.2) is 9.97 Å². The molecule has 1 amide bonds. The molecule has 122 valence electrons. The maximum Gasteiger partial charge on any atom is 0.225 e. The van der Waals surface area contributed by atoms with Crippen LogP contribution < -0.4 is 10.2 Å². The standard InChI is InChI=1S/C16H19N5OS.H2/c1-2-4-13(22)20-15-14-12(6-7-18-15)19-16(23-14)21-8-3-5-11(9-17)10-21;/h6-7,11H,2-5,8,10H2,1H3,(H,18,20,22);1H/t11-;/m1./s1. The van der Waals surface area contributed by atoms with Crippen LogP contribution >= 0.6 is 11.3 Å². The van der Waals surface area contributed by atoms with Gasteiger partial charge in [0.15, 0.2) is 10.9 Å². The number of nitriles is 1. The summed E-state index contributed by atoms with van der Waals surface area (Å²) in [4.78, 5) is 22.9. The minimum absolute atomic E-state index is 0. The number of rotatable bonds is 4. The van der Waals surface area contributed by atoms with Crippen LogP contribution in [-0.4, -0.2) is 29.0 Å². The fraction of sp³-hybridized carbons (Fsp3) is 0.500. The van der Waals surface area contributed by atoms with E-state index in [0.29, 0.717) is 12.2 Å². The van der Waals surface area contributed by atoms with Crippen LogP contribution in [0.15, 0.2) is 12.3 Å². The number of pyridine rings is 1. The fourth-order valence-electron chi connectivity index (χ4n) is 2.75. The molecule has 1 aliphatic heterocycles. The molecular weight excluding hydrogens is 310 g/mol. The number of piperidine rings is 1. The van der Waals surface area contributed by atoms with Crippen LogP contribution in [0.1, 0.15) is 34.0 Å². The summed E-state index contributed by atoms with van der Waals surface area (Å²) in [6.45, 7) is 3.62. The number of carbonyl (C=O) groups is 1. The molecule has 1 saturated heterocycles. The number of amides is 1. The molecule has 2 aromatic rings. The topological polar surface area (TPSA) is 81.9 Å². The molecule has 0 unspecified atom stereocenters. The highest BCUT2D eigenvalue weighted by atomic mass is 32.1. The van der Waals surface area contributed by atoms with Crippen molar-refractivity contribution >= 4 is 38.4 Å². The number of fused-ring (bicyclic) bond motifs is 1. The number of aromatic nitrogens is 2. The fourth-order valence-corrected chi connectivity index (χ4v) is 3.79. The molecule has 0 spiro atoms. The first-order valence-electron chi connectivity index (χ1n) is 7.91. The van der Waals surface area contributed by atoms with Gasteiger partial charge in [0.25, 0.3) is 0 Å².